The highest BCUT2D eigenvalue weighted by atomic mass is 35.5. The quantitative estimate of drug-likeness (QED) is 0.400. The number of hydrogen-bond acceptors (Lipinski definition) is 6. The van der Waals surface area contributed by atoms with Gasteiger partial charge >= 0.3 is 6.17 Å². The van der Waals surface area contributed by atoms with Crippen molar-refractivity contribution in [2.45, 2.75) is 31.0 Å². The fourth-order valence-corrected chi connectivity index (χ4v) is 6.97. The van der Waals surface area contributed by atoms with Crippen LogP contribution >= 0.6 is 23.4 Å². The molecular weight excluding hydrogens is 424 g/mol. The van der Waals surface area contributed by atoms with E-state index < -0.39 is 16.4 Å². The third-order valence-electron chi connectivity index (χ3n) is 7.09. The van der Waals surface area contributed by atoms with Crippen LogP contribution in [0.1, 0.15) is 19.3 Å². The number of nitrogens with zero attached hydrogens (tertiary/aromatic N) is 4. The lowest BCUT2D eigenvalue weighted by atomic mass is 9.84. The van der Waals surface area contributed by atoms with Gasteiger partial charge in [0.1, 0.15) is 0 Å². The van der Waals surface area contributed by atoms with E-state index >= 15 is 0 Å². The number of ketones is 1. The second-order valence-corrected chi connectivity index (χ2v) is 10.0. The molecule has 0 saturated carbocycles. The van der Waals surface area contributed by atoms with Crippen LogP contribution in [0.4, 0.5) is 5.69 Å². The molecule has 1 aromatic rings. The standard InChI is InChI=1S/C21H26ClN4O3S/c22-16-4-1-2-5-17(16)24-11-9-23(10-12-24)8-7-19-25(28)20-14-21(15-30-20)18(27)6-3-13-26(19,21)29/h1-2,4-5,14,19H,3,6-13,15H2/q+1. The first kappa shape index (κ1) is 20.5. The van der Waals surface area contributed by atoms with E-state index in [-0.39, 0.29) is 5.78 Å². The van der Waals surface area contributed by atoms with Crippen LogP contribution in [-0.4, -0.2) is 76.8 Å². The molecule has 3 atom stereocenters. The highest BCUT2D eigenvalue weighted by molar-refractivity contribution is 8.03. The van der Waals surface area contributed by atoms with Gasteiger partial charge in [0.15, 0.2) is 11.3 Å². The lowest BCUT2D eigenvalue weighted by Crippen LogP contribution is -2.74. The highest BCUT2D eigenvalue weighted by Crippen LogP contribution is 2.51. The van der Waals surface area contributed by atoms with Crippen LogP contribution in [0.3, 0.4) is 0 Å². The maximum Gasteiger partial charge on any atom is 0.335 e. The predicted octanol–water partition coefficient (Wildman–Crippen LogP) is 2.98. The second-order valence-electron chi connectivity index (χ2n) is 8.62. The Balaban J connectivity index is 1.26. The smallest absolute Gasteiger partial charge is 0.335 e. The second kappa shape index (κ2) is 7.60. The Hall–Kier alpha value is -1.45. The Bertz CT molecular complexity index is 919. The van der Waals surface area contributed by atoms with Gasteiger partial charge in [-0.05, 0) is 23.9 Å². The van der Waals surface area contributed by atoms with Crippen molar-refractivity contribution in [3.05, 3.63) is 50.5 Å². The molecule has 4 aliphatic heterocycles. The Morgan fingerprint density at radius 3 is 2.80 bits per heavy atom. The van der Waals surface area contributed by atoms with Crippen LogP contribution in [0.5, 0.6) is 0 Å². The molecule has 4 aliphatic rings. The van der Waals surface area contributed by atoms with E-state index in [1.165, 1.54) is 11.8 Å². The molecule has 2 saturated heterocycles. The number of thioether (sulfide) groups is 1. The zero-order valence-corrected chi connectivity index (χ0v) is 18.4. The normalized spacial score (nSPS) is 34.1. The number of Topliss-reactive ketones (excluding diaryl/α,β-unsaturated/α-hetero) is 1. The van der Waals surface area contributed by atoms with Crippen LogP contribution in [-0.2, 0) is 4.79 Å². The molecule has 3 unspecified atom stereocenters. The van der Waals surface area contributed by atoms with Crippen molar-refractivity contribution in [2.75, 3.05) is 49.9 Å². The maximum absolute atomic E-state index is 14.0. The maximum atomic E-state index is 14.0. The van der Waals surface area contributed by atoms with Gasteiger partial charge in [0.2, 0.25) is 0 Å². The topological polar surface area (TPSA) is 66.7 Å². The number of anilines is 1. The summed E-state index contributed by atoms with van der Waals surface area (Å²) in [6, 6.07) is 7.87. The van der Waals surface area contributed by atoms with Gasteiger partial charge in [-0.3, -0.25) is 14.3 Å². The molecule has 160 valence electrons. The van der Waals surface area contributed by atoms with Gasteiger partial charge in [0.05, 0.1) is 40.3 Å². The number of hydroxylamine groups is 3. The molecule has 0 radical (unpaired) electrons. The van der Waals surface area contributed by atoms with Gasteiger partial charge in [-0.25, -0.2) is 0 Å². The number of piperidine rings is 1. The van der Waals surface area contributed by atoms with Gasteiger partial charge in [-0.1, -0.05) is 23.7 Å². The molecule has 0 aromatic heterocycles. The summed E-state index contributed by atoms with van der Waals surface area (Å²) >= 11 is 7.70. The number of piperazine rings is 1. The van der Waals surface area contributed by atoms with Crippen LogP contribution < -0.4 is 4.90 Å². The van der Waals surface area contributed by atoms with Gasteiger partial charge in [-0.2, -0.15) is 0 Å². The van der Waals surface area contributed by atoms with Crippen molar-refractivity contribution in [1.82, 2.24) is 4.90 Å². The van der Waals surface area contributed by atoms with Crippen LogP contribution in [0.15, 0.2) is 35.4 Å². The van der Waals surface area contributed by atoms with E-state index in [0.29, 0.717) is 43.1 Å². The van der Waals surface area contributed by atoms with E-state index in [9.17, 15) is 14.9 Å². The highest BCUT2D eigenvalue weighted by Gasteiger charge is 2.68. The summed E-state index contributed by atoms with van der Waals surface area (Å²) in [5, 5.41) is 15.3. The number of quaternary nitrogens is 1. The van der Waals surface area contributed by atoms with Crippen molar-refractivity contribution >= 4 is 34.8 Å². The molecule has 7 nitrogen and oxygen atoms in total. The lowest BCUT2D eigenvalue weighted by molar-refractivity contribution is -1.02. The number of nitroso groups, excluding NO2 is 1. The first-order valence-corrected chi connectivity index (χ1v) is 12.0. The molecule has 0 amide bonds. The molecule has 0 N–H and O–H groups in total. The molecule has 1 spiro atoms. The fraction of sp³-hybridized carbons (Fsp3) is 0.571. The van der Waals surface area contributed by atoms with Crippen molar-refractivity contribution < 1.29 is 14.2 Å². The summed E-state index contributed by atoms with van der Waals surface area (Å²) in [7, 11) is 0. The minimum Gasteiger partial charge on any atom is -0.627 e. The fourth-order valence-electron chi connectivity index (χ4n) is 5.36. The number of benzene rings is 1. The third kappa shape index (κ3) is 3.04. The first-order valence-electron chi connectivity index (χ1n) is 10.6. The van der Waals surface area contributed by atoms with E-state index in [4.69, 9.17) is 11.6 Å². The molecule has 9 heteroatoms. The van der Waals surface area contributed by atoms with Gasteiger partial charge in [-0.15, -0.1) is 0 Å². The van der Waals surface area contributed by atoms with Crippen LogP contribution in [0, 0.1) is 10.1 Å². The third-order valence-corrected chi connectivity index (χ3v) is 8.59. The van der Waals surface area contributed by atoms with Crippen LogP contribution in [0.25, 0.3) is 0 Å². The Labute approximate surface area is 185 Å². The van der Waals surface area contributed by atoms with Gasteiger partial charge < -0.3 is 10.1 Å². The monoisotopic (exact) mass is 449 g/mol. The summed E-state index contributed by atoms with van der Waals surface area (Å²) in [6.45, 7) is 4.46. The lowest BCUT2D eigenvalue weighted by Gasteiger charge is -2.56. The van der Waals surface area contributed by atoms with E-state index in [1.54, 1.807) is 6.08 Å². The number of carbonyl (C=O) groups is 1. The Morgan fingerprint density at radius 1 is 1.27 bits per heavy atom. The van der Waals surface area contributed by atoms with Crippen LogP contribution in [0.2, 0.25) is 5.02 Å². The average Bonchev–Trinajstić information content (AvgIpc) is 3.17. The average molecular weight is 450 g/mol. The van der Waals surface area contributed by atoms with E-state index in [2.05, 4.69) is 9.80 Å². The zero-order valence-electron chi connectivity index (χ0n) is 16.8. The summed E-state index contributed by atoms with van der Waals surface area (Å²) in [4.78, 5) is 30.3. The van der Waals surface area contributed by atoms with E-state index in [1.807, 2.05) is 24.3 Å². The minimum atomic E-state index is -1.04. The van der Waals surface area contributed by atoms with Gasteiger partial charge in [0, 0.05) is 50.5 Å². The summed E-state index contributed by atoms with van der Waals surface area (Å²) < 4.78 is 0.215. The van der Waals surface area contributed by atoms with Crippen molar-refractivity contribution in [3.8, 4) is 0 Å². The Kier molecular flexibility index (Phi) is 5.18. The number of carbonyl (C=O) groups excluding carboxylic acids is 1. The largest absolute Gasteiger partial charge is 0.627 e. The number of para-hydroxylation sites is 1. The molecule has 2 fully saturated rings. The summed E-state index contributed by atoms with van der Waals surface area (Å²) in [5.41, 5.74) is 0.0160. The zero-order chi connectivity index (χ0) is 20.9. The van der Waals surface area contributed by atoms with Gasteiger partial charge in [0.25, 0.3) is 5.03 Å². The number of halogens is 1. The number of rotatable bonds is 4. The number of hydrogen-bond donors (Lipinski definition) is 0. The first-order chi connectivity index (χ1) is 14.4. The molecular formula is C21H26ClN4O3S+. The predicted molar refractivity (Wildman–Crippen MR) is 118 cm³/mol. The van der Waals surface area contributed by atoms with Crippen molar-refractivity contribution in [1.29, 1.82) is 0 Å². The Morgan fingerprint density at radius 2 is 2.03 bits per heavy atom. The van der Waals surface area contributed by atoms with Crippen molar-refractivity contribution in [2.24, 2.45) is 0 Å². The molecule has 2 bridgehead atoms. The molecule has 0 aliphatic carbocycles. The molecule has 4 heterocycles. The summed E-state index contributed by atoms with van der Waals surface area (Å²) in [5.74, 6) is 0.425. The SMILES string of the molecule is O=C1CCC[N+]2([O-])C(CCN3CCN(c4ccccc4Cl)CC3)[N+](=O)C3=CC12CS3. The molecule has 1 aromatic carbocycles. The minimum absolute atomic E-state index is 0.0118. The molecule has 5 rings (SSSR count). The van der Waals surface area contributed by atoms with E-state index in [0.717, 1.165) is 41.6 Å². The van der Waals surface area contributed by atoms with Crippen molar-refractivity contribution in [3.63, 3.8) is 0 Å². The summed E-state index contributed by atoms with van der Waals surface area (Å²) in [6.07, 6.45) is 2.44. The molecule has 30 heavy (non-hydrogen) atoms.